The highest BCUT2D eigenvalue weighted by atomic mass is 16.5. The molecule has 0 aromatic heterocycles. The molecule has 0 saturated carbocycles. The van der Waals surface area contributed by atoms with E-state index in [0.29, 0.717) is 0 Å². The van der Waals surface area contributed by atoms with Crippen molar-refractivity contribution in [3.05, 3.63) is 23.8 Å². The van der Waals surface area contributed by atoms with E-state index in [2.05, 4.69) is 23.3 Å². The molecule has 2 rings (SSSR count). The van der Waals surface area contributed by atoms with E-state index >= 15 is 0 Å². The van der Waals surface area contributed by atoms with Crippen LogP contribution in [0.25, 0.3) is 0 Å². The molecule has 0 unspecified atom stereocenters. The Kier molecular flexibility index (Phi) is 2.59. The van der Waals surface area contributed by atoms with E-state index in [0.717, 1.165) is 25.4 Å². The summed E-state index contributed by atoms with van der Waals surface area (Å²) < 4.78 is 5.37. The quantitative estimate of drug-likeness (QED) is 0.724. The first kappa shape index (κ1) is 9.34. The number of methoxy groups -OCH3 is 1. The monoisotopic (exact) mass is 192 g/mol. The average Bonchev–Trinajstić information content (AvgIpc) is 2.40. The molecule has 1 aromatic carbocycles. The molecule has 3 heteroatoms. The lowest BCUT2D eigenvalue weighted by Gasteiger charge is -2.21. The summed E-state index contributed by atoms with van der Waals surface area (Å²) in [5.41, 5.74) is 2.53. The van der Waals surface area contributed by atoms with E-state index in [9.17, 15) is 0 Å². The number of likely N-dealkylation sites (N-methyl/N-ethyl adjacent to an activating group) is 1. The summed E-state index contributed by atoms with van der Waals surface area (Å²) in [6, 6.07) is 6.20. The third-order valence-corrected chi connectivity index (χ3v) is 2.62. The summed E-state index contributed by atoms with van der Waals surface area (Å²) in [5.74, 6) is 0.966. The standard InChI is InChI=1S/C11H16N2O/c1-13-7-6-12-8-9-4-3-5-10(14-2)11(9)13/h3-5,12H,6-8H2,1-2H3. The summed E-state index contributed by atoms with van der Waals surface area (Å²) in [6.45, 7) is 2.97. The van der Waals surface area contributed by atoms with Crippen molar-refractivity contribution in [2.45, 2.75) is 6.54 Å². The first-order valence-electron chi connectivity index (χ1n) is 4.90. The fourth-order valence-corrected chi connectivity index (χ4v) is 1.89. The third kappa shape index (κ3) is 1.55. The van der Waals surface area contributed by atoms with Gasteiger partial charge in [-0.1, -0.05) is 12.1 Å². The molecule has 1 aliphatic rings. The summed E-state index contributed by atoms with van der Waals surface area (Å²) in [6.07, 6.45) is 0. The van der Waals surface area contributed by atoms with E-state index < -0.39 is 0 Å². The minimum absolute atomic E-state index is 0.927. The Labute approximate surface area is 84.7 Å². The maximum atomic E-state index is 5.37. The first-order valence-corrected chi connectivity index (χ1v) is 4.90. The van der Waals surface area contributed by atoms with E-state index in [1.807, 2.05) is 12.1 Å². The van der Waals surface area contributed by atoms with Crippen molar-refractivity contribution in [3.63, 3.8) is 0 Å². The maximum absolute atomic E-state index is 5.37. The Bertz CT molecular complexity index is 325. The van der Waals surface area contributed by atoms with Gasteiger partial charge in [-0.05, 0) is 11.6 Å². The molecule has 1 aromatic rings. The SMILES string of the molecule is COc1cccc2c1N(C)CCNC2. The zero-order valence-electron chi connectivity index (χ0n) is 8.71. The topological polar surface area (TPSA) is 24.5 Å². The van der Waals surface area contributed by atoms with Crippen molar-refractivity contribution in [2.24, 2.45) is 0 Å². The van der Waals surface area contributed by atoms with Gasteiger partial charge in [0.15, 0.2) is 0 Å². The fraction of sp³-hybridized carbons (Fsp3) is 0.455. The molecule has 3 nitrogen and oxygen atoms in total. The minimum Gasteiger partial charge on any atom is -0.495 e. The van der Waals surface area contributed by atoms with Gasteiger partial charge in [-0.15, -0.1) is 0 Å². The minimum atomic E-state index is 0.927. The van der Waals surface area contributed by atoms with Crippen molar-refractivity contribution in [2.75, 3.05) is 32.1 Å². The number of hydrogen-bond donors (Lipinski definition) is 1. The second-order valence-corrected chi connectivity index (χ2v) is 3.57. The van der Waals surface area contributed by atoms with Crippen LogP contribution in [0.15, 0.2) is 18.2 Å². The van der Waals surface area contributed by atoms with Crippen molar-refractivity contribution in [1.29, 1.82) is 0 Å². The number of ether oxygens (including phenoxy) is 1. The third-order valence-electron chi connectivity index (χ3n) is 2.62. The van der Waals surface area contributed by atoms with Gasteiger partial charge in [0.2, 0.25) is 0 Å². The molecule has 0 radical (unpaired) electrons. The first-order chi connectivity index (χ1) is 6.83. The fourth-order valence-electron chi connectivity index (χ4n) is 1.89. The molecule has 76 valence electrons. The van der Waals surface area contributed by atoms with E-state index in [-0.39, 0.29) is 0 Å². The van der Waals surface area contributed by atoms with Crippen LogP contribution in [-0.2, 0) is 6.54 Å². The Morgan fingerprint density at radius 2 is 2.29 bits per heavy atom. The molecule has 1 heterocycles. The Hall–Kier alpha value is -1.22. The summed E-state index contributed by atoms with van der Waals surface area (Å²) in [5, 5.41) is 3.39. The van der Waals surface area contributed by atoms with Gasteiger partial charge in [0.1, 0.15) is 5.75 Å². The lowest BCUT2D eigenvalue weighted by molar-refractivity contribution is 0.414. The van der Waals surface area contributed by atoms with E-state index in [4.69, 9.17) is 4.74 Å². The van der Waals surface area contributed by atoms with Gasteiger partial charge in [-0.25, -0.2) is 0 Å². The van der Waals surface area contributed by atoms with Crippen molar-refractivity contribution >= 4 is 5.69 Å². The van der Waals surface area contributed by atoms with Crippen LogP contribution in [0.2, 0.25) is 0 Å². The van der Waals surface area contributed by atoms with Gasteiger partial charge in [0.05, 0.1) is 12.8 Å². The van der Waals surface area contributed by atoms with Crippen LogP contribution in [0.4, 0.5) is 5.69 Å². The highest BCUT2D eigenvalue weighted by Crippen LogP contribution is 2.31. The molecule has 0 atom stereocenters. The predicted molar refractivity (Wildman–Crippen MR) is 58.0 cm³/mol. The van der Waals surface area contributed by atoms with Crippen LogP contribution in [0.5, 0.6) is 5.75 Å². The number of rotatable bonds is 1. The van der Waals surface area contributed by atoms with Crippen LogP contribution in [0, 0.1) is 0 Å². The van der Waals surface area contributed by atoms with Gasteiger partial charge < -0.3 is 15.0 Å². The Morgan fingerprint density at radius 3 is 3.07 bits per heavy atom. The number of fused-ring (bicyclic) bond motifs is 1. The lowest BCUT2D eigenvalue weighted by atomic mass is 10.1. The second-order valence-electron chi connectivity index (χ2n) is 3.57. The highest BCUT2D eigenvalue weighted by Gasteiger charge is 2.15. The molecular formula is C11H16N2O. The van der Waals surface area contributed by atoms with Crippen LogP contribution in [0.1, 0.15) is 5.56 Å². The molecule has 0 spiro atoms. The number of benzene rings is 1. The Balaban J connectivity index is 2.47. The molecule has 14 heavy (non-hydrogen) atoms. The van der Waals surface area contributed by atoms with Crippen LogP contribution in [-0.4, -0.2) is 27.2 Å². The van der Waals surface area contributed by atoms with E-state index in [1.54, 1.807) is 7.11 Å². The molecule has 0 bridgehead atoms. The zero-order chi connectivity index (χ0) is 9.97. The van der Waals surface area contributed by atoms with Gasteiger partial charge >= 0.3 is 0 Å². The number of anilines is 1. The van der Waals surface area contributed by atoms with E-state index in [1.165, 1.54) is 11.3 Å². The lowest BCUT2D eigenvalue weighted by Crippen LogP contribution is -2.24. The largest absolute Gasteiger partial charge is 0.495 e. The molecule has 0 aliphatic carbocycles. The normalized spacial score (nSPS) is 16.0. The van der Waals surface area contributed by atoms with Crippen molar-refractivity contribution < 1.29 is 4.74 Å². The van der Waals surface area contributed by atoms with Gasteiger partial charge in [0, 0.05) is 26.7 Å². The second kappa shape index (κ2) is 3.88. The van der Waals surface area contributed by atoms with Crippen LogP contribution in [0.3, 0.4) is 0 Å². The zero-order valence-corrected chi connectivity index (χ0v) is 8.71. The molecule has 1 aliphatic heterocycles. The van der Waals surface area contributed by atoms with Gasteiger partial charge in [0.25, 0.3) is 0 Å². The molecule has 1 N–H and O–H groups in total. The molecule has 0 saturated heterocycles. The maximum Gasteiger partial charge on any atom is 0.142 e. The summed E-state index contributed by atoms with van der Waals surface area (Å²) in [7, 11) is 3.83. The highest BCUT2D eigenvalue weighted by molar-refractivity contribution is 5.64. The predicted octanol–water partition coefficient (Wildman–Crippen LogP) is 1.23. The van der Waals surface area contributed by atoms with Gasteiger partial charge in [-0.2, -0.15) is 0 Å². The number of hydrogen-bond acceptors (Lipinski definition) is 3. The number of nitrogens with zero attached hydrogens (tertiary/aromatic N) is 1. The molecule has 0 fully saturated rings. The number of para-hydroxylation sites is 1. The van der Waals surface area contributed by atoms with Crippen LogP contribution < -0.4 is 15.0 Å². The average molecular weight is 192 g/mol. The number of nitrogens with one attached hydrogen (secondary N) is 1. The van der Waals surface area contributed by atoms with Crippen molar-refractivity contribution in [1.82, 2.24) is 5.32 Å². The molecule has 0 amide bonds. The summed E-state index contributed by atoms with van der Waals surface area (Å²) in [4.78, 5) is 2.24. The smallest absolute Gasteiger partial charge is 0.142 e. The Morgan fingerprint density at radius 1 is 1.43 bits per heavy atom. The van der Waals surface area contributed by atoms with Crippen molar-refractivity contribution in [3.8, 4) is 5.75 Å². The molecular weight excluding hydrogens is 176 g/mol. The summed E-state index contributed by atoms with van der Waals surface area (Å²) >= 11 is 0. The van der Waals surface area contributed by atoms with Gasteiger partial charge in [-0.3, -0.25) is 0 Å². The van der Waals surface area contributed by atoms with Crippen LogP contribution >= 0.6 is 0 Å².